The average Bonchev–Trinajstić information content (AvgIpc) is 3.07. The molecule has 0 saturated heterocycles. The summed E-state index contributed by atoms with van der Waals surface area (Å²) in [5.74, 6) is -0.218. The van der Waals surface area contributed by atoms with Gasteiger partial charge in [0.25, 0.3) is 0 Å². The Kier molecular flexibility index (Phi) is 3.53. The van der Waals surface area contributed by atoms with Crippen LogP contribution < -0.4 is 5.32 Å². The van der Waals surface area contributed by atoms with Gasteiger partial charge in [-0.3, -0.25) is 0 Å². The van der Waals surface area contributed by atoms with Crippen LogP contribution in [-0.2, 0) is 6.54 Å². The van der Waals surface area contributed by atoms with Crippen molar-refractivity contribution in [2.24, 2.45) is 0 Å². The van der Waals surface area contributed by atoms with Crippen molar-refractivity contribution in [2.75, 3.05) is 11.9 Å². The van der Waals surface area contributed by atoms with Crippen LogP contribution >= 0.6 is 11.3 Å². The van der Waals surface area contributed by atoms with Gasteiger partial charge in [-0.2, -0.15) is 0 Å². The minimum Gasteiger partial charge on any atom is -0.476 e. The van der Waals surface area contributed by atoms with E-state index in [0.717, 1.165) is 21.6 Å². The van der Waals surface area contributed by atoms with E-state index in [9.17, 15) is 4.79 Å². The molecule has 0 atom stereocenters. The molecule has 0 amide bonds. The van der Waals surface area contributed by atoms with Gasteiger partial charge in [-0.1, -0.05) is 0 Å². The lowest BCUT2D eigenvalue weighted by atomic mass is 10.3. The van der Waals surface area contributed by atoms with Gasteiger partial charge in [0.05, 0.1) is 16.5 Å². The normalized spacial score (nSPS) is 10.9. The van der Waals surface area contributed by atoms with Gasteiger partial charge in [0, 0.05) is 19.3 Å². The summed E-state index contributed by atoms with van der Waals surface area (Å²) in [6.07, 6.45) is 4.56. The maximum Gasteiger partial charge on any atom is 0.356 e. The molecule has 0 spiro atoms. The summed E-state index contributed by atoms with van der Waals surface area (Å²) in [6.45, 7) is 3.25. The molecule has 21 heavy (non-hydrogen) atoms. The second-order valence-electron chi connectivity index (χ2n) is 4.55. The highest BCUT2D eigenvalue weighted by Gasteiger charge is 2.08. The molecule has 0 radical (unpaired) electrons. The van der Waals surface area contributed by atoms with Crippen LogP contribution in [0.25, 0.3) is 10.2 Å². The molecule has 108 valence electrons. The molecule has 0 aliphatic rings. The molecule has 0 aromatic carbocycles. The number of aromatic carboxylic acids is 1. The number of carboxylic acids is 1. The van der Waals surface area contributed by atoms with E-state index in [0.29, 0.717) is 13.1 Å². The Hall–Kier alpha value is -2.48. The molecule has 0 unspecified atom stereocenters. The molecule has 3 rings (SSSR count). The van der Waals surface area contributed by atoms with Crippen molar-refractivity contribution in [1.82, 2.24) is 19.5 Å². The van der Waals surface area contributed by atoms with Gasteiger partial charge < -0.3 is 15.0 Å². The number of hydrogen-bond donors (Lipinski definition) is 2. The zero-order valence-electron chi connectivity index (χ0n) is 11.3. The van der Waals surface area contributed by atoms with Gasteiger partial charge in [0.2, 0.25) is 0 Å². The summed E-state index contributed by atoms with van der Waals surface area (Å²) in [6, 6.07) is 0. The largest absolute Gasteiger partial charge is 0.476 e. The Morgan fingerprint density at radius 2 is 2.29 bits per heavy atom. The molecule has 0 bridgehead atoms. The Morgan fingerprint density at radius 3 is 3.05 bits per heavy atom. The van der Waals surface area contributed by atoms with E-state index >= 15 is 0 Å². The summed E-state index contributed by atoms with van der Waals surface area (Å²) >= 11 is 1.61. The summed E-state index contributed by atoms with van der Waals surface area (Å²) in [4.78, 5) is 23.1. The SMILES string of the molecule is Cc1csc2c(NCCn3cnc(C(=O)O)c3)ncnc12. The van der Waals surface area contributed by atoms with E-state index in [-0.39, 0.29) is 5.69 Å². The lowest BCUT2D eigenvalue weighted by Crippen LogP contribution is -2.10. The highest BCUT2D eigenvalue weighted by atomic mass is 32.1. The summed E-state index contributed by atoms with van der Waals surface area (Å²) in [7, 11) is 0. The molecule has 2 N–H and O–H groups in total. The minimum atomic E-state index is -1.02. The zero-order chi connectivity index (χ0) is 14.8. The fraction of sp³-hybridized carbons (Fsp3) is 0.231. The van der Waals surface area contributed by atoms with Crippen LogP contribution in [0.4, 0.5) is 5.82 Å². The molecule has 3 aromatic rings. The summed E-state index contributed by atoms with van der Waals surface area (Å²) in [5.41, 5.74) is 2.16. The molecule has 3 aromatic heterocycles. The zero-order valence-corrected chi connectivity index (χ0v) is 12.1. The maximum absolute atomic E-state index is 10.8. The number of rotatable bonds is 5. The number of thiophene rings is 1. The molecule has 0 fully saturated rings. The molecule has 7 nitrogen and oxygen atoms in total. The first-order valence-corrected chi connectivity index (χ1v) is 7.21. The number of carboxylic acid groups (broad SMARTS) is 1. The van der Waals surface area contributed by atoms with E-state index < -0.39 is 5.97 Å². The number of nitrogens with zero attached hydrogens (tertiary/aromatic N) is 4. The summed E-state index contributed by atoms with van der Waals surface area (Å²) in [5, 5.41) is 14.1. The highest BCUT2D eigenvalue weighted by Crippen LogP contribution is 2.28. The quantitative estimate of drug-likeness (QED) is 0.749. The van der Waals surface area contributed by atoms with Crippen LogP contribution in [0.1, 0.15) is 16.1 Å². The molecular formula is C13H13N5O2S. The van der Waals surface area contributed by atoms with E-state index in [1.807, 2.05) is 6.92 Å². The number of aryl methyl sites for hydroxylation is 1. The first-order chi connectivity index (χ1) is 10.1. The van der Waals surface area contributed by atoms with Crippen LogP contribution in [0.5, 0.6) is 0 Å². The van der Waals surface area contributed by atoms with Crippen LogP contribution in [0, 0.1) is 6.92 Å². The van der Waals surface area contributed by atoms with E-state index in [1.165, 1.54) is 12.5 Å². The van der Waals surface area contributed by atoms with Gasteiger partial charge in [-0.05, 0) is 17.9 Å². The van der Waals surface area contributed by atoms with Crippen LogP contribution in [0.3, 0.4) is 0 Å². The van der Waals surface area contributed by atoms with Crippen molar-refractivity contribution in [1.29, 1.82) is 0 Å². The van der Waals surface area contributed by atoms with Crippen molar-refractivity contribution in [2.45, 2.75) is 13.5 Å². The first kappa shape index (κ1) is 13.5. The number of nitrogens with one attached hydrogen (secondary N) is 1. The number of aromatic nitrogens is 4. The van der Waals surface area contributed by atoms with Crippen molar-refractivity contribution in [3.8, 4) is 0 Å². The van der Waals surface area contributed by atoms with E-state index in [1.54, 1.807) is 22.2 Å². The lowest BCUT2D eigenvalue weighted by Gasteiger charge is -2.06. The number of anilines is 1. The second-order valence-corrected chi connectivity index (χ2v) is 5.43. The van der Waals surface area contributed by atoms with Crippen molar-refractivity contribution in [3.05, 3.63) is 35.5 Å². The standard InChI is InChI=1S/C13H13N5O2S/c1-8-5-21-11-10(8)15-6-16-12(11)14-2-3-18-4-9(13(19)20)17-7-18/h4-7H,2-3H2,1H3,(H,19,20)(H,14,15,16). The third-order valence-corrected chi connectivity index (χ3v) is 4.14. The Balaban J connectivity index is 1.67. The monoisotopic (exact) mass is 303 g/mol. The third-order valence-electron chi connectivity index (χ3n) is 3.05. The predicted octanol–water partition coefficient (Wildman–Crippen LogP) is 2.01. The predicted molar refractivity (Wildman–Crippen MR) is 79.8 cm³/mol. The fourth-order valence-electron chi connectivity index (χ4n) is 1.99. The molecule has 0 saturated carbocycles. The maximum atomic E-state index is 10.8. The van der Waals surface area contributed by atoms with E-state index in [4.69, 9.17) is 5.11 Å². The Labute approximate surface area is 124 Å². The highest BCUT2D eigenvalue weighted by molar-refractivity contribution is 7.18. The second kappa shape index (κ2) is 5.49. The van der Waals surface area contributed by atoms with E-state index in [2.05, 4.69) is 25.6 Å². The van der Waals surface area contributed by atoms with Crippen LogP contribution in [0.15, 0.2) is 24.2 Å². The number of carbonyl (C=O) groups is 1. The van der Waals surface area contributed by atoms with Crippen LogP contribution in [0.2, 0.25) is 0 Å². The lowest BCUT2D eigenvalue weighted by molar-refractivity contribution is 0.0691. The Bertz CT molecular complexity index is 795. The molecular weight excluding hydrogens is 290 g/mol. The average molecular weight is 303 g/mol. The van der Waals surface area contributed by atoms with Gasteiger partial charge in [-0.25, -0.2) is 19.7 Å². The summed E-state index contributed by atoms with van der Waals surface area (Å²) < 4.78 is 2.76. The number of hydrogen-bond acceptors (Lipinski definition) is 6. The number of fused-ring (bicyclic) bond motifs is 1. The first-order valence-electron chi connectivity index (χ1n) is 6.33. The minimum absolute atomic E-state index is 0.0494. The van der Waals surface area contributed by atoms with Crippen molar-refractivity contribution in [3.63, 3.8) is 0 Å². The molecule has 3 heterocycles. The van der Waals surface area contributed by atoms with Crippen molar-refractivity contribution >= 4 is 33.3 Å². The topological polar surface area (TPSA) is 92.9 Å². The van der Waals surface area contributed by atoms with Crippen LogP contribution in [-0.4, -0.2) is 37.1 Å². The van der Waals surface area contributed by atoms with Crippen molar-refractivity contribution < 1.29 is 9.90 Å². The Morgan fingerprint density at radius 1 is 1.43 bits per heavy atom. The molecule has 0 aliphatic carbocycles. The fourth-order valence-corrected chi connectivity index (χ4v) is 2.96. The smallest absolute Gasteiger partial charge is 0.356 e. The number of imidazole rings is 1. The van der Waals surface area contributed by atoms with Gasteiger partial charge in [-0.15, -0.1) is 11.3 Å². The molecule has 8 heteroatoms. The van der Waals surface area contributed by atoms with Gasteiger partial charge in [0.15, 0.2) is 5.69 Å². The van der Waals surface area contributed by atoms with Gasteiger partial charge in [0.1, 0.15) is 12.1 Å². The third kappa shape index (κ3) is 2.70. The van der Waals surface area contributed by atoms with Gasteiger partial charge >= 0.3 is 5.97 Å². The molecule has 0 aliphatic heterocycles.